The number of aryl methyl sites for hydroxylation is 1. The number of amides is 1. The van der Waals surface area contributed by atoms with Crippen molar-refractivity contribution in [3.63, 3.8) is 0 Å². The summed E-state index contributed by atoms with van der Waals surface area (Å²) in [5, 5.41) is 17.4. The molecule has 0 fully saturated rings. The van der Waals surface area contributed by atoms with Gasteiger partial charge < -0.3 is 5.32 Å². The van der Waals surface area contributed by atoms with E-state index in [-0.39, 0.29) is 12.2 Å². The van der Waals surface area contributed by atoms with Crippen LogP contribution in [0.15, 0.2) is 54.9 Å². The van der Waals surface area contributed by atoms with Gasteiger partial charge in [0, 0.05) is 11.3 Å². The van der Waals surface area contributed by atoms with Gasteiger partial charge in [-0.1, -0.05) is 24.3 Å². The molecule has 0 unspecified atom stereocenters. The first-order valence-corrected chi connectivity index (χ1v) is 7.76. The summed E-state index contributed by atoms with van der Waals surface area (Å²) in [7, 11) is 0. The quantitative estimate of drug-likeness (QED) is 0.560. The Morgan fingerprint density at radius 1 is 1.31 bits per heavy atom. The van der Waals surface area contributed by atoms with Crippen LogP contribution in [0.25, 0.3) is 0 Å². The number of rotatable bonds is 5. The van der Waals surface area contributed by atoms with E-state index < -0.39 is 16.6 Å². The molecule has 0 bridgehead atoms. The Balaban J connectivity index is 1.85. The number of hydrogen-bond acceptors (Lipinski definition) is 4. The molecule has 0 saturated carbocycles. The Morgan fingerprint density at radius 3 is 2.81 bits per heavy atom. The molecule has 1 amide bonds. The molecule has 1 heterocycles. The van der Waals surface area contributed by atoms with Gasteiger partial charge in [-0.05, 0) is 36.2 Å². The van der Waals surface area contributed by atoms with Crippen molar-refractivity contribution in [3.8, 4) is 0 Å². The van der Waals surface area contributed by atoms with Crippen molar-refractivity contribution in [2.45, 2.75) is 13.5 Å². The number of nitro groups is 1. The van der Waals surface area contributed by atoms with E-state index in [0.29, 0.717) is 16.8 Å². The van der Waals surface area contributed by atoms with Crippen molar-refractivity contribution in [3.05, 3.63) is 87.5 Å². The molecule has 0 aliphatic carbocycles. The Bertz CT molecular complexity index is 984. The fraction of sp³-hybridized carbons (Fsp3) is 0.111. The van der Waals surface area contributed by atoms with E-state index in [4.69, 9.17) is 0 Å². The van der Waals surface area contributed by atoms with E-state index in [0.717, 1.165) is 11.8 Å². The van der Waals surface area contributed by atoms with Crippen molar-refractivity contribution < 1.29 is 14.1 Å². The first-order valence-electron chi connectivity index (χ1n) is 7.76. The molecule has 0 aliphatic rings. The van der Waals surface area contributed by atoms with E-state index in [1.54, 1.807) is 37.3 Å². The summed E-state index contributed by atoms with van der Waals surface area (Å²) in [6, 6.07) is 11.0. The van der Waals surface area contributed by atoms with Gasteiger partial charge in [0.2, 0.25) is 0 Å². The lowest BCUT2D eigenvalue weighted by atomic mass is 10.1. The maximum absolute atomic E-state index is 13.4. The minimum absolute atomic E-state index is 0.123. The van der Waals surface area contributed by atoms with Crippen LogP contribution >= 0.6 is 0 Å². The summed E-state index contributed by atoms with van der Waals surface area (Å²) in [6.45, 7) is 1.96. The summed E-state index contributed by atoms with van der Waals surface area (Å²) >= 11 is 0. The second-order valence-corrected chi connectivity index (χ2v) is 5.72. The van der Waals surface area contributed by atoms with Crippen LogP contribution in [0.5, 0.6) is 0 Å². The van der Waals surface area contributed by atoms with Gasteiger partial charge in [-0.3, -0.25) is 19.6 Å². The monoisotopic (exact) mass is 354 g/mol. The number of nitrogens with one attached hydrogen (secondary N) is 1. The van der Waals surface area contributed by atoms with Crippen molar-refractivity contribution in [1.82, 2.24) is 9.78 Å². The van der Waals surface area contributed by atoms with Crippen molar-refractivity contribution in [1.29, 1.82) is 0 Å². The Labute approximate surface area is 148 Å². The predicted octanol–water partition coefficient (Wildman–Crippen LogP) is 3.54. The van der Waals surface area contributed by atoms with Crippen LogP contribution < -0.4 is 5.32 Å². The van der Waals surface area contributed by atoms with Gasteiger partial charge >= 0.3 is 5.69 Å². The lowest BCUT2D eigenvalue weighted by Crippen LogP contribution is -2.16. The average molecular weight is 354 g/mol. The van der Waals surface area contributed by atoms with Crippen molar-refractivity contribution in [2.75, 3.05) is 5.32 Å². The molecule has 8 heteroatoms. The van der Waals surface area contributed by atoms with Crippen LogP contribution in [0, 0.1) is 22.9 Å². The minimum atomic E-state index is -0.533. The van der Waals surface area contributed by atoms with Crippen LogP contribution in [0.2, 0.25) is 0 Å². The highest BCUT2D eigenvalue weighted by Crippen LogP contribution is 2.19. The lowest BCUT2D eigenvalue weighted by Gasteiger charge is -2.12. The highest BCUT2D eigenvalue weighted by molar-refractivity contribution is 6.05. The molecule has 1 aromatic heterocycles. The average Bonchev–Trinajstić information content (AvgIpc) is 3.07. The zero-order valence-corrected chi connectivity index (χ0v) is 13.8. The molecule has 0 aliphatic heterocycles. The van der Waals surface area contributed by atoms with Gasteiger partial charge in [0.15, 0.2) is 0 Å². The van der Waals surface area contributed by atoms with Crippen LogP contribution in [0.3, 0.4) is 0 Å². The predicted molar refractivity (Wildman–Crippen MR) is 93.5 cm³/mol. The third-order valence-electron chi connectivity index (χ3n) is 3.87. The molecule has 1 N–H and O–H groups in total. The summed E-state index contributed by atoms with van der Waals surface area (Å²) < 4.78 is 14.8. The molecule has 0 atom stereocenters. The molecule has 0 radical (unpaired) electrons. The number of nitrogens with zero attached hydrogens (tertiary/aromatic N) is 3. The van der Waals surface area contributed by atoms with E-state index in [1.807, 2.05) is 0 Å². The topological polar surface area (TPSA) is 90.1 Å². The second-order valence-electron chi connectivity index (χ2n) is 5.72. The standard InChI is InChI=1S/C18H15FN4O3/c1-12-6-7-14(19)8-17(12)21-18(24)16-5-3-2-4-13(16)10-22-11-15(9-20-22)23(25)26/h2-9,11H,10H2,1H3,(H,21,24). The van der Waals surface area contributed by atoms with E-state index in [1.165, 1.54) is 23.0 Å². The number of benzene rings is 2. The molecule has 3 aromatic rings. The third-order valence-corrected chi connectivity index (χ3v) is 3.87. The SMILES string of the molecule is Cc1ccc(F)cc1NC(=O)c1ccccc1Cn1cc([N+](=O)[O-])cn1. The highest BCUT2D eigenvalue weighted by Gasteiger charge is 2.15. The fourth-order valence-electron chi connectivity index (χ4n) is 2.51. The maximum Gasteiger partial charge on any atom is 0.307 e. The van der Waals surface area contributed by atoms with Gasteiger partial charge in [0.25, 0.3) is 5.91 Å². The third kappa shape index (κ3) is 3.75. The van der Waals surface area contributed by atoms with Crippen LogP contribution in [-0.2, 0) is 6.54 Å². The van der Waals surface area contributed by atoms with Crippen LogP contribution in [-0.4, -0.2) is 20.6 Å². The lowest BCUT2D eigenvalue weighted by molar-refractivity contribution is -0.385. The number of aromatic nitrogens is 2. The van der Waals surface area contributed by atoms with Crippen LogP contribution in [0.1, 0.15) is 21.5 Å². The first kappa shape index (κ1) is 17.3. The zero-order chi connectivity index (χ0) is 18.7. The molecular weight excluding hydrogens is 339 g/mol. The molecular formula is C18H15FN4O3. The number of carbonyl (C=O) groups is 1. The summed E-state index contributed by atoms with van der Waals surface area (Å²) in [4.78, 5) is 22.9. The van der Waals surface area contributed by atoms with Gasteiger partial charge in [-0.15, -0.1) is 0 Å². The molecule has 26 heavy (non-hydrogen) atoms. The first-order chi connectivity index (χ1) is 12.4. The normalized spacial score (nSPS) is 10.5. The summed E-state index contributed by atoms with van der Waals surface area (Å²) in [5.41, 5.74) is 2.02. The second kappa shape index (κ2) is 7.14. The van der Waals surface area contributed by atoms with E-state index in [2.05, 4.69) is 10.4 Å². The molecule has 0 spiro atoms. The fourth-order valence-corrected chi connectivity index (χ4v) is 2.51. The number of carbonyl (C=O) groups excluding carboxylic acids is 1. The van der Waals surface area contributed by atoms with E-state index >= 15 is 0 Å². The van der Waals surface area contributed by atoms with Gasteiger partial charge in [-0.2, -0.15) is 5.10 Å². The van der Waals surface area contributed by atoms with E-state index in [9.17, 15) is 19.3 Å². The molecule has 132 valence electrons. The van der Waals surface area contributed by atoms with Gasteiger partial charge in [0.05, 0.1) is 11.5 Å². The van der Waals surface area contributed by atoms with Crippen molar-refractivity contribution in [2.24, 2.45) is 0 Å². The summed E-state index contributed by atoms with van der Waals surface area (Å²) in [5.74, 6) is -0.834. The minimum Gasteiger partial charge on any atom is -0.322 e. The Kier molecular flexibility index (Phi) is 4.74. The Morgan fingerprint density at radius 2 is 2.08 bits per heavy atom. The highest BCUT2D eigenvalue weighted by atomic mass is 19.1. The molecule has 2 aromatic carbocycles. The Hall–Kier alpha value is -3.55. The van der Waals surface area contributed by atoms with Gasteiger partial charge in [0.1, 0.15) is 18.2 Å². The molecule has 3 rings (SSSR count). The van der Waals surface area contributed by atoms with Crippen LogP contribution in [0.4, 0.5) is 15.8 Å². The number of halogens is 1. The number of anilines is 1. The maximum atomic E-state index is 13.4. The smallest absolute Gasteiger partial charge is 0.307 e. The van der Waals surface area contributed by atoms with Crippen molar-refractivity contribution >= 4 is 17.3 Å². The molecule has 7 nitrogen and oxygen atoms in total. The molecule has 0 saturated heterocycles. The summed E-state index contributed by atoms with van der Waals surface area (Å²) in [6.07, 6.45) is 2.45. The van der Waals surface area contributed by atoms with Gasteiger partial charge in [-0.25, -0.2) is 4.39 Å². The zero-order valence-electron chi connectivity index (χ0n) is 13.8. The number of hydrogen-bond donors (Lipinski definition) is 1. The largest absolute Gasteiger partial charge is 0.322 e.